The number of halogens is 1. The molecule has 1 amide bonds. The number of sulfonamides is 1. The third-order valence-corrected chi connectivity index (χ3v) is 5.39. The molecule has 8 heteroatoms. The maximum absolute atomic E-state index is 12.1. The molecule has 2 rings (SSSR count). The topological polar surface area (TPSA) is 83.1 Å². The van der Waals surface area contributed by atoms with Crippen molar-refractivity contribution in [2.24, 2.45) is 0 Å². The highest BCUT2D eigenvalue weighted by molar-refractivity contribution is 7.89. The van der Waals surface area contributed by atoms with Crippen LogP contribution in [-0.4, -0.2) is 45.3 Å². The molecule has 0 aliphatic heterocycles. The number of carbonyl (C=O) groups is 1. The highest BCUT2D eigenvalue weighted by atomic mass is 35.5. The number of nitrogens with two attached hydrogens (primary N) is 1. The van der Waals surface area contributed by atoms with Crippen LogP contribution in [0.1, 0.15) is 12.8 Å². The van der Waals surface area contributed by atoms with E-state index >= 15 is 0 Å². The van der Waals surface area contributed by atoms with Gasteiger partial charge in [-0.2, -0.15) is 0 Å². The molecular weight excluding hydrogens is 314 g/mol. The Hall–Kier alpha value is -1.15. The minimum atomic E-state index is -3.55. The fourth-order valence-electron chi connectivity index (χ4n) is 1.78. The van der Waals surface area contributed by atoms with Crippen molar-refractivity contribution in [1.82, 2.24) is 4.31 Å². The first-order valence-electron chi connectivity index (χ1n) is 6.66. The summed E-state index contributed by atoms with van der Waals surface area (Å²) >= 11 is 6.01. The average Bonchev–Trinajstić information content (AvgIpc) is 3.22. The van der Waals surface area contributed by atoms with Crippen molar-refractivity contribution in [3.05, 3.63) is 23.2 Å². The highest BCUT2D eigenvalue weighted by Gasteiger charge is 2.26. The van der Waals surface area contributed by atoms with Crippen molar-refractivity contribution in [2.75, 3.05) is 26.0 Å². The van der Waals surface area contributed by atoms with Crippen molar-refractivity contribution in [3.8, 4) is 0 Å². The molecule has 1 fully saturated rings. The fraction of sp³-hybridized carbons (Fsp3) is 0.462. The Morgan fingerprint density at radius 2 is 2.10 bits per heavy atom. The number of nitrogens with one attached hydrogen (secondary N) is 1. The number of quaternary nitrogens is 1. The molecule has 0 bridgehead atoms. The molecule has 0 heterocycles. The molecule has 21 heavy (non-hydrogen) atoms. The first-order chi connectivity index (χ1) is 9.80. The first-order valence-corrected chi connectivity index (χ1v) is 8.48. The molecule has 1 aromatic rings. The summed E-state index contributed by atoms with van der Waals surface area (Å²) < 4.78 is 25.3. The van der Waals surface area contributed by atoms with E-state index in [1.165, 1.54) is 32.3 Å². The van der Waals surface area contributed by atoms with E-state index in [0.29, 0.717) is 23.3 Å². The van der Waals surface area contributed by atoms with Gasteiger partial charge in [0.25, 0.3) is 5.91 Å². The fourth-order valence-corrected chi connectivity index (χ4v) is 2.87. The summed E-state index contributed by atoms with van der Waals surface area (Å²) in [6.07, 6.45) is 2.29. The van der Waals surface area contributed by atoms with Crippen LogP contribution in [0.2, 0.25) is 5.02 Å². The minimum absolute atomic E-state index is 0.0957. The van der Waals surface area contributed by atoms with Crippen molar-refractivity contribution in [3.63, 3.8) is 0 Å². The second kappa shape index (κ2) is 6.31. The average molecular weight is 333 g/mol. The van der Waals surface area contributed by atoms with Crippen molar-refractivity contribution in [2.45, 2.75) is 23.8 Å². The lowest BCUT2D eigenvalue weighted by Gasteiger charge is -2.13. The van der Waals surface area contributed by atoms with Gasteiger partial charge in [0.2, 0.25) is 10.0 Å². The van der Waals surface area contributed by atoms with Gasteiger partial charge in [-0.25, -0.2) is 12.7 Å². The predicted molar refractivity (Wildman–Crippen MR) is 80.8 cm³/mol. The van der Waals surface area contributed by atoms with E-state index in [1.807, 2.05) is 5.32 Å². The second-order valence-corrected chi connectivity index (χ2v) is 7.81. The lowest BCUT2D eigenvalue weighted by molar-refractivity contribution is -0.657. The monoisotopic (exact) mass is 332 g/mol. The van der Waals surface area contributed by atoms with Crippen LogP contribution in [0.4, 0.5) is 5.69 Å². The van der Waals surface area contributed by atoms with Gasteiger partial charge in [0.15, 0.2) is 6.54 Å². The van der Waals surface area contributed by atoms with Crippen molar-refractivity contribution >= 4 is 33.2 Å². The quantitative estimate of drug-likeness (QED) is 0.783. The smallest absolute Gasteiger partial charge is 0.279 e. The largest absolute Gasteiger partial charge is 0.336 e. The molecule has 0 atom stereocenters. The Kier molecular flexibility index (Phi) is 4.88. The van der Waals surface area contributed by atoms with Crippen LogP contribution >= 0.6 is 11.6 Å². The highest BCUT2D eigenvalue weighted by Crippen LogP contribution is 2.26. The number of anilines is 1. The molecule has 1 aliphatic rings. The number of benzene rings is 1. The van der Waals surface area contributed by atoms with Crippen LogP contribution in [-0.2, 0) is 14.8 Å². The number of amides is 1. The van der Waals surface area contributed by atoms with Gasteiger partial charge in [-0.1, -0.05) is 11.6 Å². The van der Waals surface area contributed by atoms with E-state index in [0.717, 1.165) is 17.1 Å². The second-order valence-electron chi connectivity index (χ2n) is 5.25. The van der Waals surface area contributed by atoms with Crippen LogP contribution in [0.25, 0.3) is 0 Å². The zero-order valence-electron chi connectivity index (χ0n) is 12.0. The van der Waals surface area contributed by atoms with Gasteiger partial charge in [-0.3, -0.25) is 4.79 Å². The number of rotatable bonds is 6. The van der Waals surface area contributed by atoms with Gasteiger partial charge in [-0.15, -0.1) is 0 Å². The van der Waals surface area contributed by atoms with Crippen LogP contribution < -0.4 is 10.6 Å². The molecule has 0 spiro atoms. The van der Waals surface area contributed by atoms with Gasteiger partial charge in [0, 0.05) is 26.9 Å². The molecule has 6 nitrogen and oxygen atoms in total. The molecule has 0 radical (unpaired) electrons. The molecule has 116 valence electrons. The normalized spacial score (nSPS) is 15.2. The third-order valence-electron chi connectivity index (χ3n) is 3.25. The summed E-state index contributed by atoms with van der Waals surface area (Å²) in [7, 11) is -0.650. The van der Waals surface area contributed by atoms with Gasteiger partial charge in [0.1, 0.15) is 0 Å². The van der Waals surface area contributed by atoms with E-state index in [9.17, 15) is 13.2 Å². The van der Waals surface area contributed by atoms with Gasteiger partial charge >= 0.3 is 0 Å². The Labute approximate surface area is 129 Å². The summed E-state index contributed by atoms with van der Waals surface area (Å²) in [6.45, 7) is 0.311. The summed E-state index contributed by atoms with van der Waals surface area (Å²) in [5.41, 5.74) is 0.314. The third kappa shape index (κ3) is 4.16. The maximum atomic E-state index is 12.1. The standard InChI is InChI=1S/C13H18ClN3O3S/c1-17(2)21(19,20)10-5-6-11(14)12(7-10)16-13(18)8-15-9-3-4-9/h5-7,9,15H,3-4,8H2,1-2H3,(H,16,18)/p+1. The lowest BCUT2D eigenvalue weighted by Crippen LogP contribution is -2.87. The van der Waals surface area contributed by atoms with Gasteiger partial charge in [-0.05, 0) is 18.2 Å². The predicted octanol–water partition coefficient (Wildman–Crippen LogP) is 0.255. The summed E-state index contributed by atoms with van der Waals surface area (Å²) in [5, 5.41) is 4.95. The van der Waals surface area contributed by atoms with Crippen LogP contribution in [0.15, 0.2) is 23.1 Å². The number of hydrogen-bond donors (Lipinski definition) is 2. The Bertz CT molecular complexity index is 642. The summed E-state index contributed by atoms with van der Waals surface area (Å²) in [6, 6.07) is 4.82. The van der Waals surface area contributed by atoms with E-state index in [1.54, 1.807) is 0 Å². The van der Waals surface area contributed by atoms with E-state index in [-0.39, 0.29) is 10.8 Å². The van der Waals surface area contributed by atoms with Gasteiger partial charge in [0.05, 0.1) is 21.6 Å². The zero-order chi connectivity index (χ0) is 15.6. The van der Waals surface area contributed by atoms with E-state index in [4.69, 9.17) is 11.6 Å². The number of nitrogens with zero attached hydrogens (tertiary/aromatic N) is 1. The summed E-state index contributed by atoms with van der Waals surface area (Å²) in [4.78, 5) is 11.9. The Balaban J connectivity index is 2.13. The SMILES string of the molecule is CN(C)S(=O)(=O)c1ccc(Cl)c(NC(=O)C[NH2+]C2CC2)c1. The Morgan fingerprint density at radius 3 is 2.67 bits per heavy atom. The molecule has 1 saturated carbocycles. The molecule has 3 N–H and O–H groups in total. The maximum Gasteiger partial charge on any atom is 0.279 e. The molecule has 1 aliphatic carbocycles. The summed E-state index contributed by atoms with van der Waals surface area (Å²) in [5.74, 6) is -0.191. The minimum Gasteiger partial charge on any atom is -0.336 e. The molecule has 0 saturated heterocycles. The molecule has 0 unspecified atom stereocenters. The first kappa shape index (κ1) is 16.2. The number of hydrogen-bond acceptors (Lipinski definition) is 3. The van der Waals surface area contributed by atoms with Crippen LogP contribution in [0, 0.1) is 0 Å². The molecular formula is C13H19ClN3O3S+. The molecule has 0 aromatic heterocycles. The molecule has 1 aromatic carbocycles. The van der Waals surface area contributed by atoms with Crippen molar-refractivity contribution < 1.29 is 18.5 Å². The zero-order valence-corrected chi connectivity index (χ0v) is 13.5. The lowest BCUT2D eigenvalue weighted by atomic mass is 10.3. The van der Waals surface area contributed by atoms with E-state index < -0.39 is 10.0 Å². The van der Waals surface area contributed by atoms with Crippen LogP contribution in [0.5, 0.6) is 0 Å². The van der Waals surface area contributed by atoms with Crippen LogP contribution in [0.3, 0.4) is 0 Å². The van der Waals surface area contributed by atoms with Gasteiger partial charge < -0.3 is 10.6 Å². The number of carbonyl (C=O) groups excluding carboxylic acids is 1. The van der Waals surface area contributed by atoms with Crippen molar-refractivity contribution in [1.29, 1.82) is 0 Å². The Morgan fingerprint density at radius 1 is 1.43 bits per heavy atom. The van der Waals surface area contributed by atoms with E-state index in [2.05, 4.69) is 5.32 Å².